The van der Waals surface area contributed by atoms with Gasteiger partial charge in [0.2, 0.25) is 11.8 Å². The van der Waals surface area contributed by atoms with Crippen LogP contribution in [0.5, 0.6) is 0 Å². The van der Waals surface area contributed by atoms with E-state index in [4.69, 9.17) is 0 Å². The van der Waals surface area contributed by atoms with E-state index in [-0.39, 0.29) is 18.4 Å². The van der Waals surface area contributed by atoms with Gasteiger partial charge in [-0.05, 0) is 50.9 Å². The Balaban J connectivity index is 1.44. The third kappa shape index (κ3) is 3.41. The molecule has 0 aromatic carbocycles. The molecule has 2 bridgehead atoms. The van der Waals surface area contributed by atoms with E-state index < -0.39 is 0 Å². The SMILES string of the molecule is Cc1nn(C)c(C)c1NC(=O)CNC(=O)C[C@H]1C[C@@H]2CC[C@@H]1C2. The molecule has 3 atom stereocenters. The van der Waals surface area contributed by atoms with Crippen LogP contribution < -0.4 is 10.6 Å². The predicted octanol–water partition coefficient (Wildman–Crippen LogP) is 1.92. The number of aromatic nitrogens is 2. The lowest BCUT2D eigenvalue weighted by atomic mass is 9.86. The van der Waals surface area contributed by atoms with Crippen LogP contribution in [0.1, 0.15) is 43.5 Å². The van der Waals surface area contributed by atoms with E-state index in [2.05, 4.69) is 15.7 Å². The Kier molecular flexibility index (Phi) is 4.41. The van der Waals surface area contributed by atoms with Gasteiger partial charge in [-0.25, -0.2) is 0 Å². The van der Waals surface area contributed by atoms with Crippen molar-refractivity contribution in [3.8, 4) is 0 Å². The zero-order valence-corrected chi connectivity index (χ0v) is 14.2. The lowest BCUT2D eigenvalue weighted by molar-refractivity contribution is -0.125. The number of carbonyl (C=O) groups is 2. The third-order valence-electron chi connectivity index (χ3n) is 5.55. The van der Waals surface area contributed by atoms with Crippen LogP contribution in [0.15, 0.2) is 0 Å². The minimum absolute atomic E-state index is 0.00247. The standard InChI is InChI=1S/C17H26N4O2/c1-10-17(11(2)21(3)20-10)19-16(23)9-18-15(22)8-14-7-12-4-5-13(14)6-12/h12-14H,4-9H2,1-3H3,(H,18,22)(H,19,23)/t12-,13-,14-/m1/s1. The number of aryl methyl sites for hydroxylation is 2. The largest absolute Gasteiger partial charge is 0.347 e. The predicted molar refractivity (Wildman–Crippen MR) is 87.9 cm³/mol. The summed E-state index contributed by atoms with van der Waals surface area (Å²) in [5, 5.41) is 9.86. The lowest BCUT2D eigenvalue weighted by Crippen LogP contribution is -2.34. The Morgan fingerprint density at radius 1 is 1.22 bits per heavy atom. The second-order valence-corrected chi connectivity index (χ2v) is 7.13. The Bertz CT molecular complexity index is 622. The van der Waals surface area contributed by atoms with Gasteiger partial charge < -0.3 is 10.6 Å². The van der Waals surface area contributed by atoms with Crippen molar-refractivity contribution in [3.05, 3.63) is 11.4 Å². The van der Waals surface area contributed by atoms with Crippen LogP contribution in [0.25, 0.3) is 0 Å². The van der Waals surface area contributed by atoms with Crippen molar-refractivity contribution in [3.63, 3.8) is 0 Å². The minimum Gasteiger partial charge on any atom is -0.347 e. The summed E-state index contributed by atoms with van der Waals surface area (Å²) in [6.45, 7) is 3.78. The molecule has 1 aromatic heterocycles. The first-order valence-corrected chi connectivity index (χ1v) is 8.50. The highest BCUT2D eigenvalue weighted by Gasteiger charge is 2.40. The Morgan fingerprint density at radius 2 is 2.00 bits per heavy atom. The molecule has 0 radical (unpaired) electrons. The zero-order valence-electron chi connectivity index (χ0n) is 14.2. The van der Waals surface area contributed by atoms with E-state index in [0.717, 1.165) is 28.9 Å². The number of hydrogen-bond acceptors (Lipinski definition) is 3. The molecular weight excluding hydrogens is 292 g/mol. The quantitative estimate of drug-likeness (QED) is 0.871. The maximum absolute atomic E-state index is 12.1. The first-order valence-electron chi connectivity index (χ1n) is 8.50. The fourth-order valence-electron chi connectivity index (χ4n) is 4.25. The topological polar surface area (TPSA) is 76.0 Å². The molecule has 2 amide bonds. The van der Waals surface area contributed by atoms with Gasteiger partial charge in [0.25, 0.3) is 0 Å². The third-order valence-corrected chi connectivity index (χ3v) is 5.55. The molecule has 2 fully saturated rings. The number of nitrogens with one attached hydrogen (secondary N) is 2. The average Bonchev–Trinajstić information content (AvgIpc) is 3.17. The molecule has 0 saturated heterocycles. The highest BCUT2D eigenvalue weighted by atomic mass is 16.2. The zero-order chi connectivity index (χ0) is 16.6. The molecule has 2 saturated carbocycles. The van der Waals surface area contributed by atoms with E-state index in [1.807, 2.05) is 20.9 Å². The van der Waals surface area contributed by atoms with Crippen LogP contribution in [0, 0.1) is 31.6 Å². The van der Waals surface area contributed by atoms with Gasteiger partial charge in [0, 0.05) is 13.5 Å². The molecule has 2 aliphatic carbocycles. The van der Waals surface area contributed by atoms with Crippen molar-refractivity contribution in [2.75, 3.05) is 11.9 Å². The van der Waals surface area contributed by atoms with Gasteiger partial charge >= 0.3 is 0 Å². The fourth-order valence-corrected chi connectivity index (χ4v) is 4.25. The van der Waals surface area contributed by atoms with E-state index >= 15 is 0 Å². The van der Waals surface area contributed by atoms with Crippen molar-refractivity contribution in [2.24, 2.45) is 24.8 Å². The monoisotopic (exact) mass is 318 g/mol. The van der Waals surface area contributed by atoms with Crippen molar-refractivity contribution in [1.82, 2.24) is 15.1 Å². The summed E-state index contributed by atoms with van der Waals surface area (Å²) in [6.07, 6.45) is 5.69. The van der Waals surface area contributed by atoms with Crippen LogP contribution in [0.4, 0.5) is 5.69 Å². The Labute approximate surface area is 137 Å². The summed E-state index contributed by atoms with van der Waals surface area (Å²) >= 11 is 0. The normalized spacial score (nSPS) is 25.6. The van der Waals surface area contributed by atoms with Crippen LogP contribution in [-0.4, -0.2) is 28.1 Å². The molecule has 0 spiro atoms. The van der Waals surface area contributed by atoms with E-state index in [0.29, 0.717) is 12.3 Å². The number of carbonyl (C=O) groups excluding carboxylic acids is 2. The summed E-state index contributed by atoms with van der Waals surface area (Å²) < 4.78 is 1.73. The van der Waals surface area contributed by atoms with Crippen molar-refractivity contribution < 1.29 is 9.59 Å². The second-order valence-electron chi connectivity index (χ2n) is 7.13. The molecule has 1 heterocycles. The highest BCUT2D eigenvalue weighted by molar-refractivity contribution is 5.95. The first-order chi connectivity index (χ1) is 10.9. The van der Waals surface area contributed by atoms with Crippen molar-refractivity contribution in [2.45, 2.75) is 46.0 Å². The van der Waals surface area contributed by atoms with E-state index in [1.54, 1.807) is 4.68 Å². The molecule has 2 N–H and O–H groups in total. The van der Waals surface area contributed by atoms with Gasteiger partial charge in [-0.2, -0.15) is 5.10 Å². The van der Waals surface area contributed by atoms with Crippen LogP contribution >= 0.6 is 0 Å². The van der Waals surface area contributed by atoms with Gasteiger partial charge in [0.15, 0.2) is 0 Å². The van der Waals surface area contributed by atoms with Gasteiger partial charge in [-0.15, -0.1) is 0 Å². The summed E-state index contributed by atoms with van der Waals surface area (Å²) in [5.41, 5.74) is 2.43. The van der Waals surface area contributed by atoms with Gasteiger partial charge in [-0.3, -0.25) is 14.3 Å². The second kappa shape index (κ2) is 6.34. The summed E-state index contributed by atoms with van der Waals surface area (Å²) in [4.78, 5) is 24.1. The number of rotatable bonds is 5. The molecule has 0 unspecified atom stereocenters. The highest BCUT2D eigenvalue weighted by Crippen LogP contribution is 2.49. The smallest absolute Gasteiger partial charge is 0.243 e. The molecule has 23 heavy (non-hydrogen) atoms. The van der Waals surface area contributed by atoms with Gasteiger partial charge in [-0.1, -0.05) is 6.42 Å². The molecule has 1 aromatic rings. The first kappa shape index (κ1) is 16.0. The summed E-state index contributed by atoms with van der Waals surface area (Å²) in [7, 11) is 1.84. The molecular formula is C17H26N4O2. The number of amides is 2. The van der Waals surface area contributed by atoms with Crippen molar-refractivity contribution in [1.29, 1.82) is 0 Å². The number of hydrogen-bond donors (Lipinski definition) is 2. The van der Waals surface area contributed by atoms with Crippen LogP contribution in [0.3, 0.4) is 0 Å². The molecule has 126 valence electrons. The fraction of sp³-hybridized carbons (Fsp3) is 0.706. The average molecular weight is 318 g/mol. The maximum Gasteiger partial charge on any atom is 0.243 e. The summed E-state index contributed by atoms with van der Waals surface area (Å²) in [6, 6.07) is 0. The van der Waals surface area contributed by atoms with Crippen LogP contribution in [-0.2, 0) is 16.6 Å². The molecule has 6 nitrogen and oxygen atoms in total. The number of nitrogens with zero attached hydrogens (tertiary/aromatic N) is 2. The van der Waals surface area contributed by atoms with E-state index in [9.17, 15) is 9.59 Å². The van der Waals surface area contributed by atoms with Gasteiger partial charge in [0.05, 0.1) is 23.6 Å². The molecule has 3 rings (SSSR count). The maximum atomic E-state index is 12.1. The Morgan fingerprint density at radius 3 is 2.57 bits per heavy atom. The molecule has 0 aliphatic heterocycles. The van der Waals surface area contributed by atoms with Crippen LogP contribution in [0.2, 0.25) is 0 Å². The number of fused-ring (bicyclic) bond motifs is 2. The van der Waals surface area contributed by atoms with E-state index in [1.165, 1.54) is 25.7 Å². The lowest BCUT2D eigenvalue weighted by Gasteiger charge is -2.20. The van der Waals surface area contributed by atoms with Crippen molar-refractivity contribution >= 4 is 17.5 Å². The molecule has 2 aliphatic rings. The van der Waals surface area contributed by atoms with Gasteiger partial charge in [0.1, 0.15) is 0 Å². The molecule has 6 heteroatoms. The Hall–Kier alpha value is -1.85. The minimum atomic E-state index is -0.203. The number of anilines is 1. The summed E-state index contributed by atoms with van der Waals surface area (Å²) in [5.74, 6) is 1.90.